The second-order valence-electron chi connectivity index (χ2n) is 6.33. The van der Waals surface area contributed by atoms with Crippen molar-refractivity contribution in [2.24, 2.45) is 11.1 Å². The average Bonchev–Trinajstić information content (AvgIpc) is 3.15. The average molecular weight is 394 g/mol. The normalized spacial score (nSPS) is 10.8. The van der Waals surface area contributed by atoms with Crippen molar-refractivity contribution in [3.05, 3.63) is 48.3 Å². The minimum absolute atomic E-state index is 0. The number of carbonyl (C=O) groups excluding carboxylic acids is 2. The van der Waals surface area contributed by atoms with E-state index in [0.29, 0.717) is 31.6 Å². The highest BCUT2D eigenvalue weighted by molar-refractivity contribution is 5.90. The first-order chi connectivity index (χ1) is 12.5. The molecular formula is C19H28ClN5O2. The molecule has 1 heterocycles. The lowest BCUT2D eigenvalue weighted by Crippen LogP contribution is -2.45. The molecule has 27 heavy (non-hydrogen) atoms. The van der Waals surface area contributed by atoms with Crippen molar-refractivity contribution < 1.29 is 9.59 Å². The Kier molecular flexibility index (Phi) is 8.97. The molecule has 0 atom stereocenters. The SMILES string of the molecule is CCC(CC)(CN)C(=O)NCc1cccc(NC(=O)Cn2cccn2)c1.Cl. The maximum Gasteiger partial charge on any atom is 0.246 e. The standard InChI is InChI=1S/C19H27N5O2.ClH/c1-3-19(4-2,14-20)18(26)21-12-15-7-5-8-16(11-15)23-17(25)13-24-10-6-9-22-24;/h5-11H,3-4,12-14,20H2,1-2H3,(H,21,26)(H,23,25);1H. The monoisotopic (exact) mass is 393 g/mol. The summed E-state index contributed by atoms with van der Waals surface area (Å²) in [5.74, 6) is -0.188. The van der Waals surface area contributed by atoms with Gasteiger partial charge in [0.15, 0.2) is 0 Å². The fourth-order valence-corrected chi connectivity index (χ4v) is 2.82. The number of halogens is 1. The van der Waals surface area contributed by atoms with Crippen molar-refractivity contribution in [3.63, 3.8) is 0 Å². The Morgan fingerprint density at radius 2 is 1.96 bits per heavy atom. The Hall–Kier alpha value is -2.38. The molecule has 7 nitrogen and oxygen atoms in total. The number of benzene rings is 1. The first-order valence-electron chi connectivity index (χ1n) is 8.87. The Balaban J connectivity index is 0.00000364. The number of nitrogens with zero attached hydrogens (tertiary/aromatic N) is 2. The topological polar surface area (TPSA) is 102 Å². The minimum atomic E-state index is -0.518. The van der Waals surface area contributed by atoms with E-state index >= 15 is 0 Å². The molecule has 0 unspecified atom stereocenters. The van der Waals surface area contributed by atoms with Gasteiger partial charge in [0.25, 0.3) is 0 Å². The molecule has 148 valence electrons. The summed E-state index contributed by atoms with van der Waals surface area (Å²) in [6.45, 7) is 4.83. The van der Waals surface area contributed by atoms with Gasteiger partial charge in [-0.3, -0.25) is 14.3 Å². The molecule has 0 aliphatic carbocycles. The quantitative estimate of drug-likeness (QED) is 0.608. The van der Waals surface area contributed by atoms with Crippen molar-refractivity contribution in [3.8, 4) is 0 Å². The Bertz CT molecular complexity index is 721. The van der Waals surface area contributed by atoms with E-state index in [-0.39, 0.29) is 30.8 Å². The predicted octanol–water partition coefficient (Wildman–Crippen LogP) is 2.32. The van der Waals surface area contributed by atoms with Gasteiger partial charge >= 0.3 is 0 Å². The van der Waals surface area contributed by atoms with Gasteiger partial charge in [0.05, 0.1) is 5.41 Å². The molecule has 4 N–H and O–H groups in total. The zero-order chi connectivity index (χ0) is 19.0. The molecule has 2 aromatic rings. The van der Waals surface area contributed by atoms with E-state index in [9.17, 15) is 9.59 Å². The van der Waals surface area contributed by atoms with Gasteiger partial charge in [-0.1, -0.05) is 26.0 Å². The maximum atomic E-state index is 12.5. The highest BCUT2D eigenvalue weighted by atomic mass is 35.5. The van der Waals surface area contributed by atoms with E-state index in [4.69, 9.17) is 5.73 Å². The van der Waals surface area contributed by atoms with Gasteiger partial charge in [0, 0.05) is 31.2 Å². The van der Waals surface area contributed by atoms with Gasteiger partial charge in [-0.05, 0) is 36.6 Å². The van der Waals surface area contributed by atoms with Crippen LogP contribution in [0.5, 0.6) is 0 Å². The van der Waals surface area contributed by atoms with Gasteiger partial charge in [-0.25, -0.2) is 0 Å². The summed E-state index contributed by atoms with van der Waals surface area (Å²) >= 11 is 0. The van der Waals surface area contributed by atoms with E-state index in [2.05, 4.69) is 15.7 Å². The number of aromatic nitrogens is 2. The lowest BCUT2D eigenvalue weighted by Gasteiger charge is -2.28. The summed E-state index contributed by atoms with van der Waals surface area (Å²) in [5.41, 5.74) is 6.90. The van der Waals surface area contributed by atoms with E-state index < -0.39 is 5.41 Å². The number of anilines is 1. The third kappa shape index (κ3) is 6.08. The summed E-state index contributed by atoms with van der Waals surface area (Å²) in [4.78, 5) is 24.6. The first-order valence-corrected chi connectivity index (χ1v) is 8.87. The van der Waals surface area contributed by atoms with Gasteiger partial charge in [-0.15, -0.1) is 12.4 Å². The van der Waals surface area contributed by atoms with Crippen molar-refractivity contribution in [1.29, 1.82) is 0 Å². The van der Waals surface area contributed by atoms with Crippen LogP contribution in [0.2, 0.25) is 0 Å². The molecule has 2 rings (SSSR count). The smallest absolute Gasteiger partial charge is 0.246 e. The van der Waals surface area contributed by atoms with E-state index in [1.165, 1.54) is 0 Å². The first kappa shape index (κ1) is 22.7. The van der Waals surface area contributed by atoms with Crippen molar-refractivity contribution in [2.75, 3.05) is 11.9 Å². The molecule has 8 heteroatoms. The van der Waals surface area contributed by atoms with Crippen LogP contribution >= 0.6 is 12.4 Å². The Morgan fingerprint density at radius 3 is 2.56 bits per heavy atom. The second-order valence-corrected chi connectivity index (χ2v) is 6.33. The highest BCUT2D eigenvalue weighted by Crippen LogP contribution is 2.25. The molecule has 1 aromatic heterocycles. The van der Waals surface area contributed by atoms with E-state index in [1.807, 2.05) is 38.1 Å². The van der Waals surface area contributed by atoms with Crippen LogP contribution in [0.4, 0.5) is 5.69 Å². The van der Waals surface area contributed by atoms with Crippen LogP contribution < -0.4 is 16.4 Å². The van der Waals surface area contributed by atoms with Crippen LogP contribution in [0.25, 0.3) is 0 Å². The fraction of sp³-hybridized carbons (Fsp3) is 0.421. The third-order valence-electron chi connectivity index (χ3n) is 4.75. The lowest BCUT2D eigenvalue weighted by atomic mass is 9.81. The molecule has 0 saturated carbocycles. The molecule has 0 fully saturated rings. The third-order valence-corrected chi connectivity index (χ3v) is 4.75. The molecular weight excluding hydrogens is 366 g/mol. The van der Waals surface area contributed by atoms with E-state index in [1.54, 1.807) is 23.1 Å². The number of carbonyl (C=O) groups is 2. The molecule has 0 saturated heterocycles. The van der Waals surface area contributed by atoms with Gasteiger partial charge < -0.3 is 16.4 Å². The lowest BCUT2D eigenvalue weighted by molar-refractivity contribution is -0.131. The summed E-state index contributed by atoms with van der Waals surface area (Å²) < 4.78 is 1.56. The fourth-order valence-electron chi connectivity index (χ4n) is 2.82. The summed E-state index contributed by atoms with van der Waals surface area (Å²) in [6, 6.07) is 9.19. The highest BCUT2D eigenvalue weighted by Gasteiger charge is 2.32. The van der Waals surface area contributed by atoms with Crippen molar-refractivity contribution in [1.82, 2.24) is 15.1 Å². The number of nitrogens with one attached hydrogen (secondary N) is 2. The predicted molar refractivity (Wildman–Crippen MR) is 108 cm³/mol. The van der Waals surface area contributed by atoms with Crippen LogP contribution in [0.1, 0.15) is 32.3 Å². The molecule has 0 spiro atoms. The molecule has 1 aromatic carbocycles. The summed E-state index contributed by atoms with van der Waals surface area (Å²) in [5, 5.41) is 9.81. The van der Waals surface area contributed by atoms with Gasteiger partial charge in [0.1, 0.15) is 6.54 Å². The summed E-state index contributed by atoms with van der Waals surface area (Å²) in [7, 11) is 0. The number of nitrogens with two attached hydrogens (primary N) is 1. The van der Waals surface area contributed by atoms with Crippen LogP contribution in [0.3, 0.4) is 0 Å². The number of hydrogen-bond acceptors (Lipinski definition) is 4. The zero-order valence-corrected chi connectivity index (χ0v) is 16.6. The van der Waals surface area contributed by atoms with Gasteiger partial charge in [0.2, 0.25) is 11.8 Å². The van der Waals surface area contributed by atoms with Crippen LogP contribution in [-0.4, -0.2) is 28.1 Å². The van der Waals surface area contributed by atoms with Crippen LogP contribution in [-0.2, 0) is 22.7 Å². The molecule has 2 amide bonds. The largest absolute Gasteiger partial charge is 0.352 e. The second kappa shape index (κ2) is 10.7. The van der Waals surface area contributed by atoms with E-state index in [0.717, 1.165) is 5.56 Å². The Labute approximate surface area is 166 Å². The Morgan fingerprint density at radius 1 is 1.22 bits per heavy atom. The summed E-state index contributed by atoms with van der Waals surface area (Å²) in [6.07, 6.45) is 4.77. The van der Waals surface area contributed by atoms with Gasteiger partial charge in [-0.2, -0.15) is 5.10 Å². The molecule has 0 aliphatic heterocycles. The molecule has 0 aliphatic rings. The number of rotatable bonds is 9. The van der Waals surface area contributed by atoms with Crippen LogP contribution in [0, 0.1) is 5.41 Å². The number of amides is 2. The zero-order valence-electron chi connectivity index (χ0n) is 15.8. The minimum Gasteiger partial charge on any atom is -0.352 e. The molecule has 0 radical (unpaired) electrons. The van der Waals surface area contributed by atoms with Crippen LogP contribution in [0.15, 0.2) is 42.7 Å². The number of hydrogen-bond donors (Lipinski definition) is 3. The van der Waals surface area contributed by atoms with Crippen molar-refractivity contribution >= 4 is 29.9 Å². The van der Waals surface area contributed by atoms with Crippen molar-refractivity contribution in [2.45, 2.75) is 39.8 Å². The molecule has 0 bridgehead atoms. The maximum absolute atomic E-state index is 12.5.